The minimum atomic E-state index is -0.295. The third-order valence-electron chi connectivity index (χ3n) is 4.62. The number of thioether (sulfide) groups is 1. The van der Waals surface area contributed by atoms with E-state index in [4.69, 9.17) is 9.15 Å². The average molecular weight is 426 g/mol. The number of hydrogen-bond donors (Lipinski definition) is 2. The maximum atomic E-state index is 13.0. The van der Waals surface area contributed by atoms with E-state index in [9.17, 15) is 9.59 Å². The number of benzene rings is 1. The highest BCUT2D eigenvalue weighted by molar-refractivity contribution is 7.98. The highest BCUT2D eigenvalue weighted by Gasteiger charge is 2.26. The van der Waals surface area contributed by atoms with Crippen LogP contribution in [0.25, 0.3) is 0 Å². The molecule has 2 aromatic heterocycles. The van der Waals surface area contributed by atoms with Gasteiger partial charge in [-0.05, 0) is 31.2 Å². The highest BCUT2D eigenvalue weighted by atomic mass is 32.2. The number of nitrogens with one attached hydrogen (secondary N) is 2. The number of fused-ring (bicyclic) bond motifs is 1. The van der Waals surface area contributed by atoms with Crippen molar-refractivity contribution >= 4 is 29.4 Å². The van der Waals surface area contributed by atoms with Crippen molar-refractivity contribution in [1.29, 1.82) is 0 Å². The zero-order valence-corrected chi connectivity index (χ0v) is 17.3. The van der Waals surface area contributed by atoms with Crippen molar-refractivity contribution in [3.05, 3.63) is 65.2 Å². The van der Waals surface area contributed by atoms with Crippen molar-refractivity contribution in [2.45, 2.75) is 31.5 Å². The number of carbonyl (C=O) groups excluding carboxylic acids is 2. The summed E-state index contributed by atoms with van der Waals surface area (Å²) >= 11 is 1.73. The van der Waals surface area contributed by atoms with Crippen LogP contribution in [0.1, 0.15) is 34.3 Å². The molecule has 1 aliphatic heterocycles. The van der Waals surface area contributed by atoms with Crippen molar-refractivity contribution in [2.75, 3.05) is 11.9 Å². The van der Waals surface area contributed by atoms with Crippen molar-refractivity contribution < 1.29 is 18.7 Å². The van der Waals surface area contributed by atoms with Gasteiger partial charge in [-0.2, -0.15) is 16.9 Å². The van der Waals surface area contributed by atoms with Crippen LogP contribution in [-0.4, -0.2) is 28.2 Å². The van der Waals surface area contributed by atoms with Crippen LogP contribution in [-0.2, 0) is 29.4 Å². The van der Waals surface area contributed by atoms with Gasteiger partial charge in [0, 0.05) is 17.1 Å². The summed E-state index contributed by atoms with van der Waals surface area (Å²) in [5.74, 6) is 2.73. The Labute approximate surface area is 178 Å². The molecule has 0 fully saturated rings. The fourth-order valence-electron chi connectivity index (χ4n) is 3.22. The molecule has 1 aromatic carbocycles. The van der Waals surface area contributed by atoms with Gasteiger partial charge in [0.1, 0.15) is 23.9 Å². The molecule has 8 nitrogen and oxygen atoms in total. The smallest absolute Gasteiger partial charge is 0.260 e. The first-order chi connectivity index (χ1) is 14.7. The van der Waals surface area contributed by atoms with Crippen LogP contribution in [0.3, 0.4) is 0 Å². The number of aromatic nitrogens is 2. The molecule has 0 spiro atoms. The predicted molar refractivity (Wildman–Crippen MR) is 113 cm³/mol. The molecule has 156 valence electrons. The van der Waals surface area contributed by atoms with Crippen molar-refractivity contribution in [3.8, 4) is 5.75 Å². The lowest BCUT2D eigenvalue weighted by Gasteiger charge is -2.13. The van der Waals surface area contributed by atoms with Gasteiger partial charge in [0.15, 0.2) is 0 Å². The second-order valence-corrected chi connectivity index (χ2v) is 7.65. The Kier molecular flexibility index (Phi) is 6.08. The molecule has 1 aliphatic rings. The number of ether oxygens (including phenoxy) is 1. The topological polar surface area (TPSA) is 98.4 Å². The minimum Gasteiger partial charge on any atom is -0.493 e. The zero-order chi connectivity index (χ0) is 20.9. The second kappa shape index (κ2) is 9.08. The summed E-state index contributed by atoms with van der Waals surface area (Å²) in [5, 5.41) is 10.3. The van der Waals surface area contributed by atoms with Gasteiger partial charge >= 0.3 is 0 Å². The van der Waals surface area contributed by atoms with E-state index in [1.54, 1.807) is 53.0 Å². The zero-order valence-electron chi connectivity index (χ0n) is 16.5. The lowest BCUT2D eigenvalue weighted by atomic mass is 10.2. The first-order valence-corrected chi connectivity index (χ1v) is 10.8. The third kappa shape index (κ3) is 4.35. The minimum absolute atomic E-state index is 0.00109. The SMILES string of the molecule is CCOc1ccccc1C(=O)Nc1c2c(nn1CC(=O)NCc1ccco1)CSC2. The number of amides is 2. The Balaban J connectivity index is 1.51. The molecule has 9 heteroatoms. The molecule has 0 bridgehead atoms. The van der Waals surface area contributed by atoms with Crippen LogP contribution in [0.5, 0.6) is 5.75 Å². The summed E-state index contributed by atoms with van der Waals surface area (Å²) in [4.78, 5) is 25.4. The standard InChI is InChI=1S/C21H22N4O4S/c1-2-28-18-8-4-3-7-15(18)21(27)23-20-16-12-30-13-17(16)24-25(20)11-19(26)22-10-14-6-5-9-29-14/h3-9H,2,10-13H2,1H3,(H,22,26)(H,23,27). The first kappa shape index (κ1) is 20.1. The van der Waals surface area contributed by atoms with Crippen LogP contribution in [0.15, 0.2) is 47.1 Å². The Bertz CT molecular complexity index is 1050. The normalized spacial score (nSPS) is 12.4. The molecule has 0 radical (unpaired) electrons. The van der Waals surface area contributed by atoms with E-state index < -0.39 is 0 Å². The number of hydrogen-bond acceptors (Lipinski definition) is 6. The maximum absolute atomic E-state index is 13.0. The summed E-state index contributed by atoms with van der Waals surface area (Å²) in [6, 6.07) is 10.7. The summed E-state index contributed by atoms with van der Waals surface area (Å²) in [7, 11) is 0. The fraction of sp³-hybridized carbons (Fsp3) is 0.286. The van der Waals surface area contributed by atoms with Crippen molar-refractivity contribution in [1.82, 2.24) is 15.1 Å². The third-order valence-corrected chi connectivity index (χ3v) is 5.59. The quantitative estimate of drug-likeness (QED) is 0.574. The summed E-state index contributed by atoms with van der Waals surface area (Å²) in [5.41, 5.74) is 2.29. The first-order valence-electron chi connectivity index (χ1n) is 9.64. The van der Waals surface area contributed by atoms with E-state index >= 15 is 0 Å². The molecular formula is C21H22N4O4S. The van der Waals surface area contributed by atoms with Crippen LogP contribution >= 0.6 is 11.8 Å². The van der Waals surface area contributed by atoms with Crippen LogP contribution in [0, 0.1) is 0 Å². The molecule has 3 aromatic rings. The molecule has 4 rings (SSSR count). The summed E-state index contributed by atoms with van der Waals surface area (Å²) in [6.07, 6.45) is 1.56. The average Bonchev–Trinajstić information content (AvgIpc) is 3.47. The largest absolute Gasteiger partial charge is 0.493 e. The van der Waals surface area contributed by atoms with Crippen molar-refractivity contribution in [2.24, 2.45) is 0 Å². The maximum Gasteiger partial charge on any atom is 0.260 e. The van der Waals surface area contributed by atoms with E-state index in [-0.39, 0.29) is 18.4 Å². The predicted octanol–water partition coefficient (Wildman–Crippen LogP) is 3.19. The number of anilines is 1. The van der Waals surface area contributed by atoms with Crippen LogP contribution in [0.2, 0.25) is 0 Å². The molecule has 0 unspecified atom stereocenters. The Morgan fingerprint density at radius 1 is 1.23 bits per heavy atom. The van der Waals surface area contributed by atoms with Gasteiger partial charge in [0.25, 0.3) is 5.91 Å². The number of nitrogens with zero attached hydrogens (tertiary/aromatic N) is 2. The van der Waals surface area contributed by atoms with Gasteiger partial charge in [-0.25, -0.2) is 4.68 Å². The molecule has 2 amide bonds. The van der Waals surface area contributed by atoms with Crippen molar-refractivity contribution in [3.63, 3.8) is 0 Å². The Hall–Kier alpha value is -3.20. The van der Waals surface area contributed by atoms with E-state index in [1.807, 2.05) is 13.0 Å². The lowest BCUT2D eigenvalue weighted by molar-refractivity contribution is -0.122. The lowest BCUT2D eigenvalue weighted by Crippen LogP contribution is -2.28. The molecule has 0 atom stereocenters. The molecule has 0 saturated heterocycles. The monoisotopic (exact) mass is 426 g/mol. The van der Waals surface area contributed by atoms with Crippen LogP contribution in [0.4, 0.5) is 5.82 Å². The molecular weight excluding hydrogens is 404 g/mol. The molecule has 2 N–H and O–H groups in total. The Morgan fingerprint density at radius 2 is 2.10 bits per heavy atom. The Morgan fingerprint density at radius 3 is 2.90 bits per heavy atom. The second-order valence-electron chi connectivity index (χ2n) is 6.66. The van der Waals surface area contributed by atoms with Crippen LogP contribution < -0.4 is 15.4 Å². The number of rotatable bonds is 8. The molecule has 30 heavy (non-hydrogen) atoms. The fourth-order valence-corrected chi connectivity index (χ4v) is 4.26. The number of carbonyl (C=O) groups is 2. The summed E-state index contributed by atoms with van der Waals surface area (Å²) in [6.45, 7) is 2.63. The van der Waals surface area contributed by atoms with E-state index in [1.165, 1.54) is 0 Å². The van der Waals surface area contributed by atoms with Gasteiger partial charge in [0.05, 0.1) is 30.7 Å². The van der Waals surface area contributed by atoms with Gasteiger partial charge < -0.3 is 19.8 Å². The van der Waals surface area contributed by atoms with Gasteiger partial charge in [-0.1, -0.05) is 12.1 Å². The number of furan rings is 1. The van der Waals surface area contributed by atoms with E-state index in [2.05, 4.69) is 15.7 Å². The van der Waals surface area contributed by atoms with E-state index in [0.29, 0.717) is 36.0 Å². The van der Waals surface area contributed by atoms with E-state index in [0.717, 1.165) is 22.8 Å². The number of para-hydroxylation sites is 1. The highest BCUT2D eigenvalue weighted by Crippen LogP contribution is 2.35. The molecule has 0 aliphatic carbocycles. The van der Waals surface area contributed by atoms with Gasteiger partial charge in [-0.3, -0.25) is 9.59 Å². The van der Waals surface area contributed by atoms with Gasteiger partial charge in [0.2, 0.25) is 5.91 Å². The van der Waals surface area contributed by atoms with Gasteiger partial charge in [-0.15, -0.1) is 0 Å². The molecule has 0 saturated carbocycles. The molecule has 3 heterocycles. The summed E-state index contributed by atoms with van der Waals surface area (Å²) < 4.78 is 12.4.